The molecule has 2 rings (SSSR count). The molecule has 0 saturated carbocycles. The minimum Gasteiger partial charge on any atom is -0.478 e. The number of carboxylic acids is 1. The van der Waals surface area contributed by atoms with Gasteiger partial charge < -0.3 is 14.9 Å². The van der Waals surface area contributed by atoms with Gasteiger partial charge in [-0.2, -0.15) is 0 Å². The summed E-state index contributed by atoms with van der Waals surface area (Å²) in [5, 5.41) is 15.0. The van der Waals surface area contributed by atoms with Gasteiger partial charge in [-0.3, -0.25) is 4.79 Å². The van der Waals surface area contributed by atoms with E-state index in [2.05, 4.69) is 10.5 Å². The molecule has 0 aliphatic carbocycles. The highest BCUT2D eigenvalue weighted by Gasteiger charge is 2.07. The normalized spacial score (nSPS) is 10.7. The van der Waals surface area contributed by atoms with Gasteiger partial charge in [0.05, 0.1) is 12.2 Å². The number of aliphatic carboxylic acids is 1. The van der Waals surface area contributed by atoms with Crippen LogP contribution in [0.1, 0.15) is 27.4 Å². The molecule has 0 aliphatic heterocycles. The molecule has 0 atom stereocenters. The van der Waals surface area contributed by atoms with Crippen LogP contribution in [0.4, 0.5) is 0 Å². The van der Waals surface area contributed by atoms with Crippen molar-refractivity contribution in [3.63, 3.8) is 0 Å². The van der Waals surface area contributed by atoms with Gasteiger partial charge in [0.1, 0.15) is 0 Å². The van der Waals surface area contributed by atoms with Crippen LogP contribution in [0.25, 0.3) is 6.08 Å². The average Bonchev–Trinajstić information content (AvgIpc) is 2.88. The van der Waals surface area contributed by atoms with E-state index < -0.39 is 5.97 Å². The van der Waals surface area contributed by atoms with E-state index in [9.17, 15) is 9.59 Å². The Morgan fingerprint density at radius 2 is 2.19 bits per heavy atom. The summed E-state index contributed by atoms with van der Waals surface area (Å²) in [5.74, 6) is -0.733. The van der Waals surface area contributed by atoms with Gasteiger partial charge in [-0.25, -0.2) is 4.79 Å². The highest BCUT2D eigenvalue weighted by atomic mass is 16.5. The maximum Gasteiger partial charge on any atom is 0.328 e. The second-order valence-corrected chi connectivity index (χ2v) is 4.41. The van der Waals surface area contributed by atoms with E-state index in [0.717, 1.165) is 11.8 Å². The Hall–Kier alpha value is -2.89. The van der Waals surface area contributed by atoms with Crippen LogP contribution in [0.5, 0.6) is 0 Å². The molecular weight excluding hydrogens is 272 g/mol. The van der Waals surface area contributed by atoms with Crippen molar-refractivity contribution in [1.29, 1.82) is 0 Å². The summed E-state index contributed by atoms with van der Waals surface area (Å²) in [5.41, 5.74) is 1.83. The number of aromatic nitrogens is 1. The number of carbonyl (C=O) groups excluding carboxylic acids is 1. The number of carboxylic acid groups (broad SMARTS) is 1. The van der Waals surface area contributed by atoms with Crippen molar-refractivity contribution in [3.05, 3.63) is 59.0 Å². The van der Waals surface area contributed by atoms with Gasteiger partial charge in [-0.15, -0.1) is 0 Å². The molecule has 1 aromatic carbocycles. The van der Waals surface area contributed by atoms with E-state index in [1.54, 1.807) is 37.3 Å². The topological polar surface area (TPSA) is 92.4 Å². The first kappa shape index (κ1) is 14.5. The molecule has 0 bridgehead atoms. The van der Waals surface area contributed by atoms with Crippen molar-refractivity contribution in [2.45, 2.75) is 13.5 Å². The van der Waals surface area contributed by atoms with Crippen molar-refractivity contribution >= 4 is 18.0 Å². The average molecular weight is 286 g/mol. The molecule has 1 amide bonds. The molecule has 0 radical (unpaired) electrons. The summed E-state index contributed by atoms with van der Waals surface area (Å²) in [6, 6.07) is 8.41. The smallest absolute Gasteiger partial charge is 0.328 e. The van der Waals surface area contributed by atoms with E-state index in [1.807, 2.05) is 0 Å². The SMILES string of the molecule is Cc1cc(CNC(=O)c2cccc(C=CC(=O)O)c2)on1. The van der Waals surface area contributed by atoms with Crippen molar-refractivity contribution in [1.82, 2.24) is 10.5 Å². The van der Waals surface area contributed by atoms with Gasteiger partial charge in [0, 0.05) is 17.7 Å². The van der Waals surface area contributed by atoms with E-state index in [1.165, 1.54) is 6.08 Å². The fourth-order valence-electron chi connectivity index (χ4n) is 1.72. The minimum absolute atomic E-state index is 0.245. The highest BCUT2D eigenvalue weighted by molar-refractivity contribution is 5.95. The fourth-order valence-corrected chi connectivity index (χ4v) is 1.72. The Bertz CT molecular complexity index is 688. The molecule has 0 fully saturated rings. The minimum atomic E-state index is -1.04. The first-order valence-electron chi connectivity index (χ1n) is 6.26. The number of amides is 1. The summed E-state index contributed by atoms with van der Waals surface area (Å²) in [6.45, 7) is 2.04. The van der Waals surface area contributed by atoms with E-state index in [4.69, 9.17) is 9.63 Å². The van der Waals surface area contributed by atoms with Crippen LogP contribution >= 0.6 is 0 Å². The van der Waals surface area contributed by atoms with Crippen LogP contribution in [0, 0.1) is 6.92 Å². The van der Waals surface area contributed by atoms with Crippen molar-refractivity contribution in [2.75, 3.05) is 0 Å². The molecule has 108 valence electrons. The number of hydrogen-bond donors (Lipinski definition) is 2. The second kappa shape index (κ2) is 6.51. The van der Waals surface area contributed by atoms with E-state index in [0.29, 0.717) is 16.9 Å². The van der Waals surface area contributed by atoms with Crippen molar-refractivity contribution < 1.29 is 19.2 Å². The zero-order chi connectivity index (χ0) is 15.2. The highest BCUT2D eigenvalue weighted by Crippen LogP contribution is 2.08. The van der Waals surface area contributed by atoms with Gasteiger partial charge >= 0.3 is 5.97 Å². The Morgan fingerprint density at radius 1 is 1.38 bits per heavy atom. The predicted molar refractivity (Wildman–Crippen MR) is 75.5 cm³/mol. The molecule has 1 heterocycles. The van der Waals surface area contributed by atoms with Gasteiger partial charge in [-0.05, 0) is 30.7 Å². The molecule has 6 heteroatoms. The molecule has 0 saturated heterocycles. The molecule has 6 nitrogen and oxygen atoms in total. The maximum absolute atomic E-state index is 12.0. The summed E-state index contributed by atoms with van der Waals surface area (Å²) >= 11 is 0. The Labute approximate surface area is 121 Å². The lowest BCUT2D eigenvalue weighted by Crippen LogP contribution is -2.22. The predicted octanol–water partition coefficient (Wildman–Crippen LogP) is 2.01. The van der Waals surface area contributed by atoms with Crippen LogP contribution in [-0.4, -0.2) is 22.1 Å². The lowest BCUT2D eigenvalue weighted by atomic mass is 10.1. The zero-order valence-electron chi connectivity index (χ0n) is 11.4. The molecule has 21 heavy (non-hydrogen) atoms. The lowest BCUT2D eigenvalue weighted by Gasteiger charge is -2.03. The number of rotatable bonds is 5. The molecule has 0 spiro atoms. The number of aryl methyl sites for hydroxylation is 1. The van der Waals surface area contributed by atoms with E-state index in [-0.39, 0.29) is 12.5 Å². The second-order valence-electron chi connectivity index (χ2n) is 4.41. The molecule has 1 aromatic heterocycles. The van der Waals surface area contributed by atoms with Gasteiger partial charge in [0.25, 0.3) is 5.91 Å². The third-order valence-electron chi connectivity index (χ3n) is 2.67. The lowest BCUT2D eigenvalue weighted by molar-refractivity contribution is -0.131. The summed E-state index contributed by atoms with van der Waals surface area (Å²) in [7, 11) is 0. The first-order chi connectivity index (χ1) is 10.0. The molecule has 2 N–H and O–H groups in total. The molecule has 0 unspecified atom stereocenters. The summed E-state index contributed by atoms with van der Waals surface area (Å²) in [6.07, 6.45) is 2.45. The van der Waals surface area contributed by atoms with Gasteiger partial charge in [0.2, 0.25) is 0 Å². The Balaban J connectivity index is 2.02. The number of benzene rings is 1. The van der Waals surface area contributed by atoms with Crippen LogP contribution in [0.15, 0.2) is 40.9 Å². The maximum atomic E-state index is 12.0. The number of nitrogens with zero attached hydrogens (tertiary/aromatic N) is 1. The van der Waals surface area contributed by atoms with Crippen LogP contribution in [-0.2, 0) is 11.3 Å². The van der Waals surface area contributed by atoms with Crippen molar-refractivity contribution in [2.24, 2.45) is 0 Å². The third-order valence-corrected chi connectivity index (χ3v) is 2.67. The molecular formula is C15H14N2O4. The quantitative estimate of drug-likeness (QED) is 0.820. The van der Waals surface area contributed by atoms with Crippen LogP contribution in [0.2, 0.25) is 0 Å². The zero-order valence-corrected chi connectivity index (χ0v) is 11.4. The summed E-state index contributed by atoms with van der Waals surface area (Å²) < 4.78 is 5.00. The summed E-state index contributed by atoms with van der Waals surface area (Å²) in [4.78, 5) is 22.5. The number of carbonyl (C=O) groups is 2. The fraction of sp³-hybridized carbons (Fsp3) is 0.133. The van der Waals surface area contributed by atoms with E-state index >= 15 is 0 Å². The number of hydrogen-bond acceptors (Lipinski definition) is 4. The largest absolute Gasteiger partial charge is 0.478 e. The monoisotopic (exact) mass is 286 g/mol. The van der Waals surface area contributed by atoms with Gasteiger partial charge in [0.15, 0.2) is 5.76 Å². The Kier molecular flexibility index (Phi) is 4.50. The number of nitrogens with one attached hydrogen (secondary N) is 1. The molecule has 0 aliphatic rings. The van der Waals surface area contributed by atoms with Crippen LogP contribution < -0.4 is 5.32 Å². The standard InChI is InChI=1S/C15H14N2O4/c1-10-7-13(21-17-10)9-16-15(20)12-4-2-3-11(8-12)5-6-14(18)19/h2-8H,9H2,1H3,(H,16,20)(H,18,19). The Morgan fingerprint density at radius 3 is 2.86 bits per heavy atom. The molecule has 2 aromatic rings. The van der Waals surface area contributed by atoms with Crippen molar-refractivity contribution in [3.8, 4) is 0 Å². The first-order valence-corrected chi connectivity index (χ1v) is 6.26. The van der Waals surface area contributed by atoms with Gasteiger partial charge in [-0.1, -0.05) is 17.3 Å². The van der Waals surface area contributed by atoms with Crippen LogP contribution in [0.3, 0.4) is 0 Å². The third kappa shape index (κ3) is 4.31.